The van der Waals surface area contributed by atoms with Gasteiger partial charge in [-0.2, -0.15) is 0 Å². The molecule has 144 valence electrons. The van der Waals surface area contributed by atoms with E-state index in [0.29, 0.717) is 25.0 Å². The molecule has 3 rings (SSSR count). The normalized spacial score (nSPS) is 26.3. The summed E-state index contributed by atoms with van der Waals surface area (Å²) >= 11 is 0. The van der Waals surface area contributed by atoms with Gasteiger partial charge in [-0.25, -0.2) is 0 Å². The van der Waals surface area contributed by atoms with Gasteiger partial charge in [-0.1, -0.05) is 39.6 Å². The highest BCUT2D eigenvalue weighted by Crippen LogP contribution is 2.37. The van der Waals surface area contributed by atoms with Crippen LogP contribution in [0.3, 0.4) is 0 Å². The quantitative estimate of drug-likeness (QED) is 0.652. The van der Waals surface area contributed by atoms with E-state index in [1.165, 1.54) is 19.5 Å². The first kappa shape index (κ1) is 19.9. The predicted octanol–water partition coefficient (Wildman–Crippen LogP) is 3.27. The van der Waals surface area contributed by atoms with Crippen LogP contribution >= 0.6 is 0 Å². The maximum atomic E-state index is 12.7. The average molecular weight is 377 g/mol. The van der Waals surface area contributed by atoms with Gasteiger partial charge in [0.2, 0.25) is 5.99 Å². The lowest BCUT2D eigenvalue weighted by molar-refractivity contribution is -0.0127. The third-order valence-corrected chi connectivity index (χ3v) is 7.81. The van der Waals surface area contributed by atoms with Crippen LogP contribution in [0.1, 0.15) is 25.8 Å². The molecular formula is C20H32BNO3S. The topological polar surface area (TPSA) is 38.8 Å². The first-order valence-electron chi connectivity index (χ1n) is 9.90. The smallest absolute Gasteiger partial charge is 0.247 e. The van der Waals surface area contributed by atoms with Crippen molar-refractivity contribution in [2.24, 2.45) is 11.8 Å². The third kappa shape index (κ3) is 4.02. The highest BCUT2D eigenvalue weighted by molar-refractivity contribution is 8.13. The molecule has 2 saturated heterocycles. The second kappa shape index (κ2) is 8.45. The highest BCUT2D eigenvalue weighted by Gasteiger charge is 2.47. The van der Waals surface area contributed by atoms with Crippen molar-refractivity contribution in [3.8, 4) is 5.75 Å². The molecule has 0 saturated carbocycles. The second-order valence-corrected chi connectivity index (χ2v) is 10.5. The molecular weight excluding hydrogens is 345 g/mol. The fourth-order valence-corrected chi connectivity index (χ4v) is 5.72. The van der Waals surface area contributed by atoms with Gasteiger partial charge in [0, 0.05) is 19.0 Å². The molecule has 0 aromatic heterocycles. The Hall–Kier alpha value is -0.845. The summed E-state index contributed by atoms with van der Waals surface area (Å²) < 4.78 is 23.9. The van der Waals surface area contributed by atoms with Crippen molar-refractivity contribution in [1.82, 2.24) is 4.90 Å². The van der Waals surface area contributed by atoms with Gasteiger partial charge in [0.15, 0.2) is 0 Å². The van der Waals surface area contributed by atoms with E-state index in [9.17, 15) is 4.21 Å². The molecule has 2 aliphatic heterocycles. The van der Waals surface area contributed by atoms with Gasteiger partial charge >= 0.3 is 0 Å². The van der Waals surface area contributed by atoms with E-state index in [1.54, 1.807) is 0 Å². The third-order valence-electron chi connectivity index (χ3n) is 5.71. The van der Waals surface area contributed by atoms with Crippen molar-refractivity contribution >= 4 is 16.6 Å². The highest BCUT2D eigenvalue weighted by atomic mass is 32.2. The molecule has 0 bridgehead atoms. The average Bonchev–Trinajstić information content (AvgIpc) is 2.93. The summed E-state index contributed by atoms with van der Waals surface area (Å²) in [6.07, 6.45) is 1.21. The number of likely N-dealkylation sites (tertiary alicyclic amines) is 1. The fraction of sp³-hybridized carbons (Fsp3) is 0.700. The number of hydrogen-bond acceptors (Lipinski definition) is 4. The summed E-state index contributed by atoms with van der Waals surface area (Å²) in [7, 11) is -0.934. The van der Waals surface area contributed by atoms with E-state index in [-0.39, 0.29) is 10.7 Å². The van der Waals surface area contributed by atoms with Crippen molar-refractivity contribution in [3.05, 3.63) is 29.8 Å². The molecule has 2 aliphatic rings. The predicted molar refractivity (Wildman–Crippen MR) is 109 cm³/mol. The fourth-order valence-electron chi connectivity index (χ4n) is 4.05. The minimum absolute atomic E-state index is 0.129. The molecule has 2 fully saturated rings. The summed E-state index contributed by atoms with van der Waals surface area (Å²) in [5.41, 5.74) is 1.10. The Balaban J connectivity index is 1.59. The van der Waals surface area contributed by atoms with Crippen LogP contribution in [-0.2, 0) is 20.1 Å². The second-order valence-electron chi connectivity index (χ2n) is 8.17. The van der Waals surface area contributed by atoms with Crippen molar-refractivity contribution in [1.29, 1.82) is 0 Å². The van der Waals surface area contributed by atoms with E-state index in [4.69, 9.17) is 9.47 Å². The first-order valence-corrected chi connectivity index (χ1v) is 11.1. The van der Waals surface area contributed by atoms with Crippen LogP contribution in [0.25, 0.3) is 0 Å². The molecule has 0 amide bonds. The van der Waals surface area contributed by atoms with Gasteiger partial charge in [0.1, 0.15) is 10.5 Å². The van der Waals surface area contributed by atoms with Crippen molar-refractivity contribution in [2.75, 3.05) is 39.5 Å². The van der Waals surface area contributed by atoms with Gasteiger partial charge in [0.25, 0.3) is 0 Å². The number of benzene rings is 1. The van der Waals surface area contributed by atoms with Crippen LogP contribution in [0, 0.1) is 11.8 Å². The minimum Gasteiger partial charge on any atom is -0.493 e. The summed E-state index contributed by atoms with van der Waals surface area (Å²) in [5.74, 6) is 2.32. The number of ether oxygens (including phenoxy) is 2. The van der Waals surface area contributed by atoms with Crippen LogP contribution in [0.5, 0.6) is 5.75 Å². The van der Waals surface area contributed by atoms with Gasteiger partial charge in [0.05, 0.1) is 19.8 Å². The summed E-state index contributed by atoms with van der Waals surface area (Å²) in [6.45, 7) is 14.0. The van der Waals surface area contributed by atoms with Crippen molar-refractivity contribution in [3.63, 3.8) is 0 Å². The Bertz CT molecular complexity index is 618. The Labute approximate surface area is 161 Å². The summed E-state index contributed by atoms with van der Waals surface area (Å²) in [6, 6.07) is 8.19. The van der Waals surface area contributed by atoms with E-state index >= 15 is 0 Å². The molecule has 1 aromatic carbocycles. The number of nitrogens with zero attached hydrogens (tertiary/aromatic N) is 1. The lowest BCUT2D eigenvalue weighted by atomic mass is 9.84. The van der Waals surface area contributed by atoms with E-state index in [2.05, 4.69) is 30.9 Å². The Kier molecular flexibility index (Phi) is 6.47. The zero-order valence-corrected chi connectivity index (χ0v) is 17.4. The monoisotopic (exact) mass is 377 g/mol. The molecule has 3 atom stereocenters. The summed E-state index contributed by atoms with van der Waals surface area (Å²) in [5, 5.41) is 0. The van der Waals surface area contributed by atoms with Gasteiger partial charge in [-0.15, -0.1) is 0 Å². The molecule has 0 N–H and O–H groups in total. The number of rotatable bonds is 8. The summed E-state index contributed by atoms with van der Waals surface area (Å²) in [4.78, 5) is 2.55. The molecule has 26 heavy (non-hydrogen) atoms. The molecule has 6 heteroatoms. The van der Waals surface area contributed by atoms with Gasteiger partial charge in [-0.05, 0) is 47.2 Å². The van der Waals surface area contributed by atoms with E-state index < -0.39 is 10.7 Å². The zero-order valence-electron chi connectivity index (χ0n) is 16.6. The molecule has 3 unspecified atom stereocenters. The van der Waals surface area contributed by atoms with Gasteiger partial charge in [-0.3, -0.25) is 4.21 Å². The minimum atomic E-state index is -0.934. The van der Waals surface area contributed by atoms with Crippen LogP contribution < -0.4 is 4.74 Å². The SMILES string of the molecule is CCCN1CC(C)C(COc2ccc(C3(S(=O)B(C)C)COC3)cc2)C1. The zero-order chi connectivity index (χ0) is 18.7. The van der Waals surface area contributed by atoms with Crippen molar-refractivity contribution < 1.29 is 13.7 Å². The lowest BCUT2D eigenvalue weighted by Gasteiger charge is -2.42. The van der Waals surface area contributed by atoms with Crippen LogP contribution in [-0.4, -0.2) is 54.6 Å². The van der Waals surface area contributed by atoms with Crippen LogP contribution in [0.15, 0.2) is 24.3 Å². The molecule has 1 aromatic rings. The molecule has 0 spiro atoms. The van der Waals surface area contributed by atoms with Crippen LogP contribution in [0.2, 0.25) is 13.6 Å². The van der Waals surface area contributed by atoms with Gasteiger partial charge < -0.3 is 14.4 Å². The molecule has 0 radical (unpaired) electrons. The molecule has 0 aliphatic carbocycles. The Morgan fingerprint density at radius 1 is 1.27 bits per heavy atom. The lowest BCUT2D eigenvalue weighted by Crippen LogP contribution is -2.53. The molecule has 4 nitrogen and oxygen atoms in total. The Morgan fingerprint density at radius 3 is 2.50 bits per heavy atom. The first-order chi connectivity index (χ1) is 12.5. The molecule has 2 heterocycles. The standard InChI is InChI=1S/C20H32BNO3S/c1-5-10-22-11-16(2)17(12-22)13-25-19-8-6-18(7-9-19)20(14-24-15-20)26(23)21(3)4/h6-9,16-17H,5,10-15H2,1-4H3. The van der Waals surface area contributed by atoms with Crippen LogP contribution in [0.4, 0.5) is 0 Å². The van der Waals surface area contributed by atoms with E-state index in [0.717, 1.165) is 24.5 Å². The maximum absolute atomic E-state index is 12.7. The maximum Gasteiger partial charge on any atom is 0.247 e. The van der Waals surface area contributed by atoms with Crippen molar-refractivity contribution in [2.45, 2.75) is 38.7 Å². The number of hydrogen-bond donors (Lipinski definition) is 0. The van der Waals surface area contributed by atoms with E-state index in [1.807, 2.05) is 25.8 Å². The largest absolute Gasteiger partial charge is 0.493 e. The Morgan fingerprint density at radius 2 is 1.96 bits per heavy atom.